The number of nitrogens with zero attached hydrogens (tertiary/aromatic N) is 2. The zero-order chi connectivity index (χ0) is 29.8. The number of halogens is 1. The van der Waals surface area contributed by atoms with E-state index in [0.29, 0.717) is 44.6 Å². The van der Waals surface area contributed by atoms with Gasteiger partial charge in [-0.1, -0.05) is 38.5 Å². The molecule has 1 aromatic heterocycles. The lowest BCUT2D eigenvalue weighted by atomic mass is 10.1. The molecule has 0 saturated heterocycles. The number of urea groups is 1. The van der Waals surface area contributed by atoms with Crippen LogP contribution in [0.1, 0.15) is 43.6 Å². The molecule has 4 N–H and O–H groups in total. The van der Waals surface area contributed by atoms with Crippen molar-refractivity contribution in [3.63, 3.8) is 0 Å². The molecule has 224 valence electrons. The van der Waals surface area contributed by atoms with E-state index in [1.807, 2.05) is 31.4 Å². The van der Waals surface area contributed by atoms with Crippen molar-refractivity contribution in [1.29, 1.82) is 0 Å². The maximum absolute atomic E-state index is 13.4. The van der Waals surface area contributed by atoms with E-state index >= 15 is 0 Å². The normalized spacial score (nSPS) is 12.5. The van der Waals surface area contributed by atoms with E-state index in [-0.39, 0.29) is 35.8 Å². The minimum Gasteiger partial charge on any atom is -0.399 e. The fourth-order valence-corrected chi connectivity index (χ4v) is 6.99. The van der Waals surface area contributed by atoms with Crippen molar-refractivity contribution >= 4 is 33.1 Å². The van der Waals surface area contributed by atoms with Gasteiger partial charge in [-0.15, -0.1) is 11.3 Å². The van der Waals surface area contributed by atoms with Crippen LogP contribution in [0.3, 0.4) is 0 Å². The first-order chi connectivity index (χ1) is 19.6. The molecule has 0 aliphatic carbocycles. The maximum atomic E-state index is 13.4. The van der Waals surface area contributed by atoms with E-state index in [1.165, 1.54) is 33.4 Å². The van der Waals surface area contributed by atoms with Gasteiger partial charge in [0.05, 0.1) is 11.5 Å². The van der Waals surface area contributed by atoms with Crippen molar-refractivity contribution in [2.75, 3.05) is 32.0 Å². The highest BCUT2D eigenvalue weighted by molar-refractivity contribution is 7.89. The molecular formula is C30H41FN4O4S2. The molecule has 0 unspecified atom stereocenters. The minimum absolute atomic E-state index is 0.0631. The highest BCUT2D eigenvalue weighted by atomic mass is 32.2. The van der Waals surface area contributed by atoms with Crippen LogP contribution in [0, 0.1) is 11.7 Å². The zero-order valence-corrected chi connectivity index (χ0v) is 25.3. The maximum Gasteiger partial charge on any atom is 0.317 e. The number of aliphatic hydroxyl groups is 1. The number of carbonyl (C=O) groups excluding carboxylic acids is 1. The molecule has 11 heteroatoms. The highest BCUT2D eigenvalue weighted by Crippen LogP contribution is 2.23. The minimum atomic E-state index is -3.83. The van der Waals surface area contributed by atoms with E-state index in [0.717, 1.165) is 12.0 Å². The monoisotopic (exact) mass is 604 g/mol. The second-order valence-electron chi connectivity index (χ2n) is 10.5. The summed E-state index contributed by atoms with van der Waals surface area (Å²) < 4.78 is 41.6. The number of thiophene rings is 1. The van der Waals surface area contributed by atoms with Gasteiger partial charge in [0.25, 0.3) is 0 Å². The molecule has 0 fully saturated rings. The van der Waals surface area contributed by atoms with Gasteiger partial charge >= 0.3 is 6.03 Å². The second-order valence-corrected chi connectivity index (χ2v) is 13.4. The van der Waals surface area contributed by atoms with Crippen molar-refractivity contribution in [3.8, 4) is 0 Å². The average molecular weight is 605 g/mol. The first kappa shape index (κ1) is 32.5. The number of nitrogen functional groups attached to an aromatic ring is 1. The molecule has 0 aliphatic rings. The van der Waals surface area contributed by atoms with Crippen molar-refractivity contribution in [2.24, 2.45) is 5.92 Å². The molecule has 0 aliphatic heterocycles. The lowest BCUT2D eigenvalue weighted by Crippen LogP contribution is -2.44. The van der Waals surface area contributed by atoms with Crippen LogP contribution in [0.25, 0.3) is 0 Å². The molecule has 3 aromatic rings. The molecule has 8 nitrogen and oxygen atoms in total. The SMILES string of the molecule is CC(C)CN([C@H](CO)CCCCNC(=O)N(CCc1cccs1)Cc1ccc(F)cc1)S(=O)(=O)c1ccc(N)cc1. The third-order valence-corrected chi connectivity index (χ3v) is 9.54. The fourth-order valence-electron chi connectivity index (χ4n) is 4.48. The van der Waals surface area contributed by atoms with Crippen molar-refractivity contribution in [3.05, 3.63) is 82.3 Å². The number of anilines is 1. The van der Waals surface area contributed by atoms with Crippen molar-refractivity contribution < 1.29 is 22.7 Å². The quantitative estimate of drug-likeness (QED) is 0.155. The molecule has 41 heavy (non-hydrogen) atoms. The van der Waals surface area contributed by atoms with Crippen LogP contribution in [0.2, 0.25) is 0 Å². The fraction of sp³-hybridized carbons (Fsp3) is 0.433. The Morgan fingerprint density at radius 2 is 1.78 bits per heavy atom. The second kappa shape index (κ2) is 15.9. The summed E-state index contributed by atoms with van der Waals surface area (Å²) in [5.41, 5.74) is 7.05. The summed E-state index contributed by atoms with van der Waals surface area (Å²) in [6.45, 7) is 5.13. The van der Waals surface area contributed by atoms with Gasteiger partial charge in [-0.05, 0) is 78.6 Å². The zero-order valence-electron chi connectivity index (χ0n) is 23.7. The first-order valence-electron chi connectivity index (χ1n) is 13.9. The van der Waals surface area contributed by atoms with E-state index in [9.17, 15) is 22.7 Å². The largest absolute Gasteiger partial charge is 0.399 e. The molecule has 0 bridgehead atoms. The summed E-state index contributed by atoms with van der Waals surface area (Å²) in [6, 6.07) is 15.4. The van der Waals surface area contributed by atoms with E-state index in [2.05, 4.69) is 5.32 Å². The molecule has 1 atom stereocenters. The van der Waals surface area contributed by atoms with Crippen LogP contribution < -0.4 is 11.1 Å². The number of carbonyl (C=O) groups is 1. The number of rotatable bonds is 16. The molecule has 0 spiro atoms. The number of sulfonamides is 1. The number of nitrogens with two attached hydrogens (primary N) is 1. The lowest BCUT2D eigenvalue weighted by Gasteiger charge is -2.31. The van der Waals surface area contributed by atoms with Crippen LogP contribution in [-0.2, 0) is 23.0 Å². The topological polar surface area (TPSA) is 116 Å². The Kier molecular flexibility index (Phi) is 12.6. The lowest BCUT2D eigenvalue weighted by molar-refractivity contribution is 0.167. The number of benzene rings is 2. The smallest absolute Gasteiger partial charge is 0.317 e. The summed E-state index contributed by atoms with van der Waals surface area (Å²) in [6.07, 6.45) is 2.41. The predicted octanol–water partition coefficient (Wildman–Crippen LogP) is 5.10. The Bertz CT molecular complexity index is 1300. The number of amides is 2. The Morgan fingerprint density at radius 1 is 1.07 bits per heavy atom. The predicted molar refractivity (Wildman–Crippen MR) is 163 cm³/mol. The molecule has 2 amide bonds. The summed E-state index contributed by atoms with van der Waals surface area (Å²) in [5, 5.41) is 15.1. The molecule has 0 radical (unpaired) electrons. The van der Waals surface area contributed by atoms with Gasteiger partial charge in [-0.25, -0.2) is 17.6 Å². The van der Waals surface area contributed by atoms with Crippen LogP contribution in [0.15, 0.2) is 70.9 Å². The van der Waals surface area contributed by atoms with E-state index in [4.69, 9.17) is 5.73 Å². The standard InChI is InChI=1S/C30H41FN4O4S2/c1-23(2)20-35(41(38,39)29-14-12-26(32)13-15-29)27(22-36)6-3-4-17-33-30(37)34(18-16-28-7-5-19-40-28)21-24-8-10-25(31)11-9-24/h5,7-15,19,23,27,36H,3-4,6,16-18,20-22,32H2,1-2H3,(H,33,37)/t27-/m0/s1. The number of unbranched alkanes of at least 4 members (excludes halogenated alkanes) is 1. The summed E-state index contributed by atoms with van der Waals surface area (Å²) in [7, 11) is -3.83. The Morgan fingerprint density at radius 3 is 2.39 bits per heavy atom. The average Bonchev–Trinajstić information content (AvgIpc) is 3.47. The van der Waals surface area contributed by atoms with Gasteiger partial charge in [0.15, 0.2) is 0 Å². The van der Waals surface area contributed by atoms with Crippen LogP contribution in [0.5, 0.6) is 0 Å². The number of aliphatic hydroxyl groups excluding tert-OH is 1. The summed E-state index contributed by atoms with van der Waals surface area (Å²) >= 11 is 1.64. The Labute approximate surface area is 247 Å². The Balaban J connectivity index is 1.56. The number of nitrogens with one attached hydrogen (secondary N) is 1. The summed E-state index contributed by atoms with van der Waals surface area (Å²) in [4.78, 5) is 16.1. The van der Waals surface area contributed by atoms with Crippen LogP contribution in [0.4, 0.5) is 14.9 Å². The third kappa shape index (κ3) is 10.1. The van der Waals surface area contributed by atoms with Gasteiger partial charge in [0.1, 0.15) is 5.82 Å². The highest BCUT2D eigenvalue weighted by Gasteiger charge is 2.31. The Hall–Kier alpha value is -2.99. The number of hydrogen-bond donors (Lipinski definition) is 3. The van der Waals surface area contributed by atoms with Gasteiger partial charge in [-0.2, -0.15) is 4.31 Å². The van der Waals surface area contributed by atoms with Gasteiger partial charge < -0.3 is 21.1 Å². The van der Waals surface area contributed by atoms with E-state index < -0.39 is 16.1 Å². The third-order valence-electron chi connectivity index (χ3n) is 6.67. The van der Waals surface area contributed by atoms with Crippen LogP contribution in [-0.4, -0.2) is 61.0 Å². The summed E-state index contributed by atoms with van der Waals surface area (Å²) in [5.74, 6) is -0.258. The number of hydrogen-bond acceptors (Lipinski definition) is 6. The molecule has 3 rings (SSSR count). The first-order valence-corrected chi connectivity index (χ1v) is 16.2. The molecule has 1 heterocycles. The molecule has 0 saturated carbocycles. The van der Waals surface area contributed by atoms with Gasteiger partial charge in [0, 0.05) is 42.8 Å². The van der Waals surface area contributed by atoms with E-state index in [1.54, 1.807) is 40.5 Å². The molecular weight excluding hydrogens is 563 g/mol. The van der Waals surface area contributed by atoms with Crippen molar-refractivity contribution in [1.82, 2.24) is 14.5 Å². The van der Waals surface area contributed by atoms with Crippen molar-refractivity contribution in [2.45, 2.75) is 57.0 Å². The van der Waals surface area contributed by atoms with Gasteiger partial charge in [-0.3, -0.25) is 0 Å². The van der Waals surface area contributed by atoms with Gasteiger partial charge in [0.2, 0.25) is 10.0 Å². The molecule has 2 aromatic carbocycles. The van der Waals surface area contributed by atoms with Crippen LogP contribution >= 0.6 is 11.3 Å².